The summed E-state index contributed by atoms with van der Waals surface area (Å²) < 4.78 is 12.9. The Morgan fingerprint density at radius 2 is 1.77 bits per heavy atom. The van der Waals surface area contributed by atoms with Gasteiger partial charge in [-0.25, -0.2) is 4.39 Å². The maximum atomic E-state index is 12.9. The molecule has 0 bridgehead atoms. The van der Waals surface area contributed by atoms with E-state index >= 15 is 0 Å². The third kappa shape index (κ3) is 7.55. The SMILES string of the molecule is CC(C)C(Cc1ccc(F)cc1)NC(=O)CCCCCCN. The fourth-order valence-corrected chi connectivity index (χ4v) is 2.39. The Bertz CT molecular complexity index is 431. The number of amides is 1. The summed E-state index contributed by atoms with van der Waals surface area (Å²) in [6, 6.07) is 6.58. The number of nitrogens with one attached hydrogen (secondary N) is 1. The summed E-state index contributed by atoms with van der Waals surface area (Å²) in [7, 11) is 0. The van der Waals surface area contributed by atoms with E-state index in [1.54, 1.807) is 12.1 Å². The van der Waals surface area contributed by atoms with E-state index in [9.17, 15) is 9.18 Å². The first kappa shape index (κ1) is 18.6. The molecule has 0 saturated carbocycles. The molecule has 1 amide bonds. The molecule has 3 nitrogen and oxygen atoms in total. The number of carbonyl (C=O) groups is 1. The van der Waals surface area contributed by atoms with Crippen molar-refractivity contribution in [2.24, 2.45) is 11.7 Å². The predicted molar refractivity (Wildman–Crippen MR) is 89.0 cm³/mol. The van der Waals surface area contributed by atoms with E-state index in [0.717, 1.165) is 44.2 Å². The first-order valence-corrected chi connectivity index (χ1v) is 8.26. The van der Waals surface area contributed by atoms with Gasteiger partial charge in [0.2, 0.25) is 5.91 Å². The second-order valence-electron chi connectivity index (χ2n) is 6.20. The van der Waals surface area contributed by atoms with Crippen molar-refractivity contribution in [3.05, 3.63) is 35.6 Å². The summed E-state index contributed by atoms with van der Waals surface area (Å²) in [6.45, 7) is 4.91. The third-order valence-corrected chi connectivity index (χ3v) is 3.88. The van der Waals surface area contributed by atoms with Crippen LogP contribution in [0.5, 0.6) is 0 Å². The Kier molecular flexibility index (Phi) is 8.75. The van der Waals surface area contributed by atoms with E-state index < -0.39 is 0 Å². The average molecular weight is 308 g/mol. The molecule has 22 heavy (non-hydrogen) atoms. The molecular formula is C18H29FN2O. The van der Waals surface area contributed by atoms with E-state index in [-0.39, 0.29) is 17.8 Å². The van der Waals surface area contributed by atoms with Gasteiger partial charge in [-0.3, -0.25) is 4.79 Å². The van der Waals surface area contributed by atoms with Crippen LogP contribution in [0.2, 0.25) is 0 Å². The van der Waals surface area contributed by atoms with Crippen LogP contribution in [0.15, 0.2) is 24.3 Å². The molecule has 0 radical (unpaired) electrons. The second kappa shape index (κ2) is 10.3. The van der Waals surface area contributed by atoms with Crippen LogP contribution >= 0.6 is 0 Å². The number of hydrogen-bond donors (Lipinski definition) is 2. The van der Waals surface area contributed by atoms with Gasteiger partial charge in [-0.2, -0.15) is 0 Å². The molecule has 0 aromatic heterocycles. The van der Waals surface area contributed by atoms with Crippen LogP contribution in [0.25, 0.3) is 0 Å². The standard InChI is InChI=1S/C18H29FN2O/c1-14(2)17(13-15-8-10-16(19)11-9-15)21-18(22)7-5-3-4-6-12-20/h8-11,14,17H,3-7,12-13,20H2,1-2H3,(H,21,22). The summed E-state index contributed by atoms with van der Waals surface area (Å²) in [6.07, 6.45) is 5.38. The Labute approximate surface area is 133 Å². The molecule has 0 aliphatic carbocycles. The minimum absolute atomic E-state index is 0.0852. The zero-order valence-electron chi connectivity index (χ0n) is 13.8. The normalized spacial score (nSPS) is 12.4. The lowest BCUT2D eigenvalue weighted by Crippen LogP contribution is -2.40. The summed E-state index contributed by atoms with van der Waals surface area (Å²) in [5, 5.41) is 3.11. The van der Waals surface area contributed by atoms with Gasteiger partial charge in [-0.15, -0.1) is 0 Å². The molecule has 0 aliphatic heterocycles. The lowest BCUT2D eigenvalue weighted by Gasteiger charge is -2.22. The van der Waals surface area contributed by atoms with Crippen molar-refractivity contribution in [1.29, 1.82) is 0 Å². The van der Waals surface area contributed by atoms with Gasteiger partial charge in [-0.05, 0) is 49.4 Å². The molecule has 1 atom stereocenters. The Hall–Kier alpha value is -1.42. The molecule has 0 heterocycles. The van der Waals surface area contributed by atoms with Crippen LogP contribution in [-0.2, 0) is 11.2 Å². The number of unbranched alkanes of at least 4 members (excludes halogenated alkanes) is 3. The largest absolute Gasteiger partial charge is 0.353 e. The fourth-order valence-electron chi connectivity index (χ4n) is 2.39. The van der Waals surface area contributed by atoms with Crippen molar-refractivity contribution < 1.29 is 9.18 Å². The smallest absolute Gasteiger partial charge is 0.220 e. The van der Waals surface area contributed by atoms with E-state index in [2.05, 4.69) is 19.2 Å². The van der Waals surface area contributed by atoms with Crippen LogP contribution in [-0.4, -0.2) is 18.5 Å². The second-order valence-corrected chi connectivity index (χ2v) is 6.20. The Morgan fingerprint density at radius 3 is 2.36 bits per heavy atom. The molecule has 4 heteroatoms. The van der Waals surface area contributed by atoms with E-state index in [0.29, 0.717) is 12.3 Å². The molecular weight excluding hydrogens is 279 g/mol. The molecule has 1 rings (SSSR count). The maximum absolute atomic E-state index is 12.9. The Morgan fingerprint density at radius 1 is 1.14 bits per heavy atom. The minimum atomic E-state index is -0.230. The van der Waals surface area contributed by atoms with Gasteiger partial charge >= 0.3 is 0 Å². The summed E-state index contributed by atoms with van der Waals surface area (Å²) in [5.74, 6) is 0.214. The maximum Gasteiger partial charge on any atom is 0.220 e. The molecule has 1 aromatic rings. The molecule has 124 valence electrons. The van der Waals surface area contributed by atoms with Crippen molar-refractivity contribution in [2.45, 2.75) is 58.4 Å². The van der Waals surface area contributed by atoms with Crippen LogP contribution in [0, 0.1) is 11.7 Å². The van der Waals surface area contributed by atoms with Crippen molar-refractivity contribution in [3.63, 3.8) is 0 Å². The zero-order chi connectivity index (χ0) is 16.4. The molecule has 0 fully saturated rings. The van der Waals surface area contributed by atoms with Gasteiger partial charge in [0.15, 0.2) is 0 Å². The summed E-state index contributed by atoms with van der Waals surface area (Å²) in [4.78, 5) is 12.0. The molecule has 3 N–H and O–H groups in total. The fraction of sp³-hybridized carbons (Fsp3) is 0.611. The number of carbonyl (C=O) groups excluding carboxylic acids is 1. The van der Waals surface area contributed by atoms with E-state index in [1.807, 2.05) is 0 Å². The van der Waals surface area contributed by atoms with Crippen molar-refractivity contribution in [2.75, 3.05) is 6.54 Å². The molecule has 0 saturated heterocycles. The van der Waals surface area contributed by atoms with Crippen LogP contribution in [0.1, 0.15) is 51.5 Å². The first-order chi connectivity index (χ1) is 10.5. The van der Waals surface area contributed by atoms with Crippen LogP contribution < -0.4 is 11.1 Å². The number of nitrogens with two attached hydrogens (primary N) is 1. The summed E-state index contributed by atoms with van der Waals surface area (Å²) >= 11 is 0. The van der Waals surface area contributed by atoms with Crippen molar-refractivity contribution >= 4 is 5.91 Å². The quantitative estimate of drug-likeness (QED) is 0.651. The van der Waals surface area contributed by atoms with E-state index in [1.165, 1.54) is 12.1 Å². The lowest BCUT2D eigenvalue weighted by molar-refractivity contribution is -0.122. The van der Waals surface area contributed by atoms with Gasteiger partial charge in [0, 0.05) is 12.5 Å². The highest BCUT2D eigenvalue weighted by Gasteiger charge is 2.16. The van der Waals surface area contributed by atoms with Gasteiger partial charge in [0.05, 0.1) is 0 Å². The van der Waals surface area contributed by atoms with Gasteiger partial charge in [-0.1, -0.05) is 38.8 Å². The number of rotatable bonds is 10. The monoisotopic (exact) mass is 308 g/mol. The Balaban J connectivity index is 2.40. The third-order valence-electron chi connectivity index (χ3n) is 3.88. The van der Waals surface area contributed by atoms with Crippen molar-refractivity contribution in [1.82, 2.24) is 5.32 Å². The average Bonchev–Trinajstić information content (AvgIpc) is 2.48. The number of halogens is 1. The van der Waals surface area contributed by atoms with Crippen LogP contribution in [0.4, 0.5) is 4.39 Å². The topological polar surface area (TPSA) is 55.1 Å². The minimum Gasteiger partial charge on any atom is -0.353 e. The molecule has 0 aliphatic rings. The van der Waals surface area contributed by atoms with Crippen molar-refractivity contribution in [3.8, 4) is 0 Å². The zero-order valence-corrected chi connectivity index (χ0v) is 13.8. The predicted octanol–water partition coefficient (Wildman–Crippen LogP) is 3.42. The van der Waals surface area contributed by atoms with Gasteiger partial charge in [0.1, 0.15) is 5.82 Å². The highest BCUT2D eigenvalue weighted by Crippen LogP contribution is 2.12. The summed E-state index contributed by atoms with van der Waals surface area (Å²) in [5.41, 5.74) is 6.49. The molecule has 1 unspecified atom stereocenters. The molecule has 1 aromatic carbocycles. The van der Waals surface area contributed by atoms with E-state index in [4.69, 9.17) is 5.73 Å². The van der Waals surface area contributed by atoms with Gasteiger partial charge < -0.3 is 11.1 Å². The highest BCUT2D eigenvalue weighted by atomic mass is 19.1. The lowest BCUT2D eigenvalue weighted by atomic mass is 9.96. The highest BCUT2D eigenvalue weighted by molar-refractivity contribution is 5.76. The number of hydrogen-bond acceptors (Lipinski definition) is 2. The van der Waals surface area contributed by atoms with Gasteiger partial charge in [0.25, 0.3) is 0 Å². The number of benzene rings is 1. The first-order valence-electron chi connectivity index (χ1n) is 8.26. The van der Waals surface area contributed by atoms with Crippen LogP contribution in [0.3, 0.4) is 0 Å². The molecule has 0 spiro atoms.